The van der Waals surface area contributed by atoms with Gasteiger partial charge in [0.15, 0.2) is 0 Å². The minimum atomic E-state index is -3.46. The lowest BCUT2D eigenvalue weighted by molar-refractivity contribution is 0.262. The van der Waals surface area contributed by atoms with Crippen LogP contribution in [-0.4, -0.2) is 45.7 Å². The fourth-order valence-corrected chi connectivity index (χ4v) is 4.33. The highest BCUT2D eigenvalue weighted by atomic mass is 32.2. The Morgan fingerprint density at radius 3 is 2.48 bits per heavy atom. The van der Waals surface area contributed by atoms with Crippen molar-refractivity contribution in [3.63, 3.8) is 0 Å². The predicted octanol–water partition coefficient (Wildman–Crippen LogP) is 5.25. The predicted molar refractivity (Wildman–Crippen MR) is 154 cm³/mol. The molecule has 3 aromatic heterocycles. The summed E-state index contributed by atoms with van der Waals surface area (Å²) >= 11 is 0. The number of benzene rings is 2. The van der Waals surface area contributed by atoms with Crippen molar-refractivity contribution < 1.29 is 17.9 Å². The van der Waals surface area contributed by atoms with Gasteiger partial charge in [-0.05, 0) is 48.5 Å². The number of rotatable bonds is 7. The maximum atomic E-state index is 13.0. The van der Waals surface area contributed by atoms with Gasteiger partial charge in [-0.1, -0.05) is 20.8 Å². The molecule has 0 unspecified atom stereocenters. The van der Waals surface area contributed by atoms with Gasteiger partial charge in [0, 0.05) is 34.8 Å². The van der Waals surface area contributed by atoms with Crippen molar-refractivity contribution in [2.75, 3.05) is 21.6 Å². The number of H-pyrrole nitrogens is 1. The topological polar surface area (TPSA) is 156 Å². The van der Waals surface area contributed by atoms with Crippen molar-refractivity contribution in [1.29, 1.82) is 0 Å². The normalized spacial score (nSPS) is 11.8. The van der Waals surface area contributed by atoms with E-state index in [0.29, 0.717) is 23.0 Å². The first-order valence-corrected chi connectivity index (χ1v) is 14.2. The standard InChI is InChI=1S/C27H28N8O4S/c1-27(2,3)23-15-25(35(33-23)19-7-10-22-17(13-19)16-29-32-22)31-26(36)30-18-5-8-20(9-6-18)39-21-11-12-28-24(14-21)34-40(4,37)38/h5-16H,1-4H3,(H,28,34)(H,29,32)(H2,30,31,36). The molecule has 2 aromatic carbocycles. The van der Waals surface area contributed by atoms with Crippen LogP contribution in [0.1, 0.15) is 26.5 Å². The van der Waals surface area contributed by atoms with Crippen molar-refractivity contribution in [2.45, 2.75) is 26.2 Å². The maximum absolute atomic E-state index is 13.0. The number of anilines is 3. The first-order chi connectivity index (χ1) is 18.9. The molecule has 0 aliphatic rings. The number of aromatic nitrogens is 5. The van der Waals surface area contributed by atoms with Crippen molar-refractivity contribution in [1.82, 2.24) is 25.0 Å². The average Bonchev–Trinajstić information content (AvgIpc) is 3.51. The van der Waals surface area contributed by atoms with Crippen LogP contribution >= 0.6 is 0 Å². The zero-order chi connectivity index (χ0) is 28.5. The molecule has 0 radical (unpaired) electrons. The molecule has 3 heterocycles. The fourth-order valence-electron chi connectivity index (χ4n) is 3.84. The van der Waals surface area contributed by atoms with Gasteiger partial charge in [0.25, 0.3) is 0 Å². The lowest BCUT2D eigenvalue weighted by Gasteiger charge is -2.14. The molecule has 206 valence electrons. The highest BCUT2D eigenvalue weighted by Crippen LogP contribution is 2.28. The lowest BCUT2D eigenvalue weighted by atomic mass is 9.92. The van der Waals surface area contributed by atoms with E-state index in [1.54, 1.807) is 41.2 Å². The molecule has 0 atom stereocenters. The zero-order valence-corrected chi connectivity index (χ0v) is 23.1. The summed E-state index contributed by atoms with van der Waals surface area (Å²) < 4.78 is 32.7. The second-order valence-corrected chi connectivity index (χ2v) is 11.9. The van der Waals surface area contributed by atoms with Crippen LogP contribution < -0.4 is 20.1 Å². The summed E-state index contributed by atoms with van der Waals surface area (Å²) in [5, 5.41) is 18.4. The van der Waals surface area contributed by atoms with Gasteiger partial charge in [-0.2, -0.15) is 10.2 Å². The van der Waals surface area contributed by atoms with E-state index in [2.05, 4.69) is 51.3 Å². The van der Waals surface area contributed by atoms with E-state index < -0.39 is 16.1 Å². The fraction of sp³-hybridized carbons (Fsp3) is 0.185. The number of carbonyl (C=O) groups is 1. The summed E-state index contributed by atoms with van der Waals surface area (Å²) in [6.45, 7) is 6.17. The minimum Gasteiger partial charge on any atom is -0.457 e. The van der Waals surface area contributed by atoms with Crippen LogP contribution in [0.3, 0.4) is 0 Å². The van der Waals surface area contributed by atoms with Crippen LogP contribution in [0.2, 0.25) is 0 Å². The Labute approximate surface area is 230 Å². The molecule has 0 saturated heterocycles. The maximum Gasteiger partial charge on any atom is 0.324 e. The SMILES string of the molecule is CC(C)(C)c1cc(NC(=O)Nc2ccc(Oc3ccnc(NS(C)(=O)=O)c3)cc2)n(-c2ccc3[nH]ncc3c2)n1. The van der Waals surface area contributed by atoms with Gasteiger partial charge in [0.2, 0.25) is 10.0 Å². The molecule has 40 heavy (non-hydrogen) atoms. The van der Waals surface area contributed by atoms with Gasteiger partial charge < -0.3 is 10.1 Å². The van der Waals surface area contributed by atoms with Crippen LogP contribution in [-0.2, 0) is 15.4 Å². The Kier molecular flexibility index (Phi) is 6.90. The van der Waals surface area contributed by atoms with Gasteiger partial charge in [-0.3, -0.25) is 15.1 Å². The van der Waals surface area contributed by atoms with E-state index in [9.17, 15) is 13.2 Å². The summed E-state index contributed by atoms with van der Waals surface area (Å²) in [4.78, 5) is 16.9. The molecule has 0 fully saturated rings. The summed E-state index contributed by atoms with van der Waals surface area (Å²) in [6, 6.07) is 17.0. The Morgan fingerprint density at radius 1 is 0.975 bits per heavy atom. The lowest BCUT2D eigenvalue weighted by Crippen LogP contribution is -2.21. The third-order valence-electron chi connectivity index (χ3n) is 5.76. The molecule has 0 saturated carbocycles. The number of urea groups is 1. The molecular formula is C27H28N8O4S. The molecule has 5 rings (SSSR count). The summed E-state index contributed by atoms with van der Waals surface area (Å²) in [5.41, 5.74) is 2.82. The Bertz CT molecular complexity index is 1790. The van der Waals surface area contributed by atoms with Crippen molar-refractivity contribution in [3.8, 4) is 17.2 Å². The molecule has 12 nitrogen and oxygen atoms in total. The van der Waals surface area contributed by atoms with Gasteiger partial charge in [-0.25, -0.2) is 22.9 Å². The van der Waals surface area contributed by atoms with Gasteiger partial charge >= 0.3 is 6.03 Å². The van der Waals surface area contributed by atoms with Crippen LogP contribution in [0.25, 0.3) is 16.6 Å². The van der Waals surface area contributed by atoms with Gasteiger partial charge in [0.1, 0.15) is 23.1 Å². The molecule has 0 bridgehead atoms. The first kappa shape index (κ1) is 26.7. The van der Waals surface area contributed by atoms with E-state index in [1.165, 1.54) is 12.3 Å². The monoisotopic (exact) mass is 560 g/mol. The summed E-state index contributed by atoms with van der Waals surface area (Å²) in [6.07, 6.45) is 4.22. The second-order valence-electron chi connectivity index (χ2n) is 10.2. The molecule has 2 amide bonds. The molecule has 5 aromatic rings. The second kappa shape index (κ2) is 10.3. The quantitative estimate of drug-likeness (QED) is 0.212. The van der Waals surface area contributed by atoms with E-state index in [1.807, 2.05) is 24.3 Å². The van der Waals surface area contributed by atoms with Crippen LogP contribution in [0.4, 0.5) is 22.1 Å². The van der Waals surface area contributed by atoms with E-state index in [4.69, 9.17) is 9.84 Å². The number of nitrogens with zero attached hydrogens (tertiary/aromatic N) is 4. The number of hydrogen-bond acceptors (Lipinski definition) is 7. The van der Waals surface area contributed by atoms with Crippen molar-refractivity contribution in [2.24, 2.45) is 0 Å². The number of sulfonamides is 1. The highest BCUT2D eigenvalue weighted by Gasteiger charge is 2.22. The summed E-state index contributed by atoms with van der Waals surface area (Å²) in [7, 11) is -3.46. The molecule has 0 spiro atoms. The molecule has 0 aliphatic carbocycles. The molecule has 13 heteroatoms. The van der Waals surface area contributed by atoms with E-state index in [-0.39, 0.29) is 11.2 Å². The Morgan fingerprint density at radius 2 is 1.75 bits per heavy atom. The number of pyridine rings is 1. The summed E-state index contributed by atoms with van der Waals surface area (Å²) in [5.74, 6) is 1.55. The molecular weight excluding hydrogens is 532 g/mol. The smallest absolute Gasteiger partial charge is 0.324 e. The average molecular weight is 561 g/mol. The van der Waals surface area contributed by atoms with E-state index >= 15 is 0 Å². The van der Waals surface area contributed by atoms with Gasteiger partial charge in [-0.15, -0.1) is 0 Å². The number of amides is 2. The Balaban J connectivity index is 1.29. The number of nitrogens with one attached hydrogen (secondary N) is 4. The largest absolute Gasteiger partial charge is 0.457 e. The number of aromatic amines is 1. The van der Waals surface area contributed by atoms with Crippen LogP contribution in [0, 0.1) is 0 Å². The third kappa shape index (κ3) is 6.38. The Hall–Kier alpha value is -4.91. The van der Waals surface area contributed by atoms with Gasteiger partial charge in [0.05, 0.1) is 29.4 Å². The zero-order valence-electron chi connectivity index (χ0n) is 22.3. The number of ether oxygens (including phenoxy) is 1. The minimum absolute atomic E-state index is 0.147. The van der Waals surface area contributed by atoms with Crippen LogP contribution in [0.5, 0.6) is 11.5 Å². The number of fused-ring (bicyclic) bond motifs is 1. The molecule has 4 N–H and O–H groups in total. The van der Waals surface area contributed by atoms with E-state index in [0.717, 1.165) is 28.5 Å². The van der Waals surface area contributed by atoms with Crippen LogP contribution in [0.15, 0.2) is 73.1 Å². The van der Waals surface area contributed by atoms with Crippen molar-refractivity contribution in [3.05, 3.63) is 78.8 Å². The number of carbonyl (C=O) groups excluding carboxylic acids is 1. The highest BCUT2D eigenvalue weighted by molar-refractivity contribution is 7.92. The number of hydrogen-bond donors (Lipinski definition) is 4. The first-order valence-electron chi connectivity index (χ1n) is 12.3. The molecule has 0 aliphatic heterocycles. The van der Waals surface area contributed by atoms with Crippen molar-refractivity contribution >= 4 is 44.3 Å². The third-order valence-corrected chi connectivity index (χ3v) is 6.34.